The van der Waals surface area contributed by atoms with Gasteiger partial charge in [-0.1, -0.05) is 18.9 Å². The predicted molar refractivity (Wildman–Crippen MR) is 79.5 cm³/mol. The Morgan fingerprint density at radius 1 is 1.14 bits per heavy atom. The molecule has 0 spiro atoms. The van der Waals surface area contributed by atoms with Crippen molar-refractivity contribution in [2.45, 2.75) is 38.3 Å². The average molecular weight is 325 g/mol. The highest BCUT2D eigenvalue weighted by Gasteiger charge is 2.30. The van der Waals surface area contributed by atoms with Crippen molar-refractivity contribution in [2.24, 2.45) is 5.73 Å². The minimum absolute atomic E-state index is 0. The van der Waals surface area contributed by atoms with Crippen LogP contribution in [0.15, 0.2) is 24.3 Å². The summed E-state index contributed by atoms with van der Waals surface area (Å²) in [5.74, 6) is -0.267. The van der Waals surface area contributed by atoms with E-state index in [9.17, 15) is 18.0 Å². The fourth-order valence-electron chi connectivity index (χ4n) is 1.78. The second-order valence-electron chi connectivity index (χ2n) is 4.58. The van der Waals surface area contributed by atoms with Crippen LogP contribution in [0.25, 0.3) is 0 Å². The molecule has 0 aliphatic carbocycles. The first-order chi connectivity index (χ1) is 9.43. The standard InChI is InChI=1S/C14H19F3N2O.ClH/c15-14(16,17)11-6-5-7-12(10-11)19-13(20)8-3-1-2-4-9-18;/h5-7,10H,1-4,8-9,18H2,(H,19,20);1H. The van der Waals surface area contributed by atoms with Gasteiger partial charge in [-0.25, -0.2) is 0 Å². The van der Waals surface area contributed by atoms with Gasteiger partial charge in [0, 0.05) is 12.1 Å². The number of rotatable bonds is 7. The van der Waals surface area contributed by atoms with E-state index in [-0.39, 0.29) is 24.0 Å². The molecule has 0 aliphatic heterocycles. The highest BCUT2D eigenvalue weighted by atomic mass is 35.5. The summed E-state index contributed by atoms with van der Waals surface area (Å²) >= 11 is 0. The minimum atomic E-state index is -4.40. The van der Waals surface area contributed by atoms with Crippen LogP contribution >= 0.6 is 12.4 Å². The van der Waals surface area contributed by atoms with E-state index in [2.05, 4.69) is 5.32 Å². The molecule has 1 rings (SSSR count). The van der Waals surface area contributed by atoms with E-state index in [0.29, 0.717) is 19.4 Å². The summed E-state index contributed by atoms with van der Waals surface area (Å²) in [6.45, 7) is 0.635. The van der Waals surface area contributed by atoms with E-state index < -0.39 is 11.7 Å². The van der Waals surface area contributed by atoms with Gasteiger partial charge in [-0.2, -0.15) is 13.2 Å². The van der Waals surface area contributed by atoms with Crippen LogP contribution in [0.1, 0.15) is 37.7 Å². The summed E-state index contributed by atoms with van der Waals surface area (Å²) in [7, 11) is 0. The summed E-state index contributed by atoms with van der Waals surface area (Å²) in [6.07, 6.45) is -0.593. The Labute approximate surface area is 128 Å². The Bertz CT molecular complexity index is 438. The first-order valence-electron chi connectivity index (χ1n) is 6.60. The third-order valence-corrected chi connectivity index (χ3v) is 2.83. The molecule has 0 heterocycles. The molecule has 3 nitrogen and oxygen atoms in total. The van der Waals surface area contributed by atoms with Crippen molar-refractivity contribution in [3.8, 4) is 0 Å². The molecular formula is C14H20ClF3N2O. The molecule has 120 valence electrons. The number of carbonyl (C=O) groups excluding carboxylic acids is 1. The van der Waals surface area contributed by atoms with Crippen molar-refractivity contribution in [2.75, 3.05) is 11.9 Å². The van der Waals surface area contributed by atoms with E-state index in [1.165, 1.54) is 12.1 Å². The molecule has 7 heteroatoms. The van der Waals surface area contributed by atoms with Crippen molar-refractivity contribution in [1.82, 2.24) is 0 Å². The quantitative estimate of drug-likeness (QED) is 0.745. The smallest absolute Gasteiger partial charge is 0.330 e. The summed E-state index contributed by atoms with van der Waals surface area (Å²) in [5.41, 5.74) is 4.76. The van der Waals surface area contributed by atoms with Crippen LogP contribution < -0.4 is 11.1 Å². The van der Waals surface area contributed by atoms with Crippen molar-refractivity contribution < 1.29 is 18.0 Å². The molecule has 0 saturated heterocycles. The monoisotopic (exact) mass is 324 g/mol. The molecule has 1 aromatic rings. The molecule has 0 fully saturated rings. The minimum Gasteiger partial charge on any atom is -0.330 e. The average Bonchev–Trinajstić information content (AvgIpc) is 2.38. The van der Waals surface area contributed by atoms with E-state index in [1.54, 1.807) is 0 Å². The highest BCUT2D eigenvalue weighted by molar-refractivity contribution is 5.90. The number of nitrogens with two attached hydrogens (primary N) is 1. The van der Waals surface area contributed by atoms with Crippen molar-refractivity contribution in [3.05, 3.63) is 29.8 Å². The summed E-state index contributed by atoms with van der Waals surface area (Å²) < 4.78 is 37.5. The zero-order valence-corrected chi connectivity index (χ0v) is 12.4. The maximum absolute atomic E-state index is 12.5. The van der Waals surface area contributed by atoms with Crippen molar-refractivity contribution in [1.29, 1.82) is 0 Å². The van der Waals surface area contributed by atoms with Crippen LogP contribution in [0.4, 0.5) is 18.9 Å². The number of hydrogen-bond acceptors (Lipinski definition) is 2. The van der Waals surface area contributed by atoms with Crippen LogP contribution in [-0.4, -0.2) is 12.5 Å². The van der Waals surface area contributed by atoms with Gasteiger partial charge in [0.25, 0.3) is 0 Å². The van der Waals surface area contributed by atoms with Crippen LogP contribution in [0.2, 0.25) is 0 Å². The van der Waals surface area contributed by atoms with Gasteiger partial charge in [0.2, 0.25) is 5.91 Å². The molecule has 0 aliphatic rings. The highest BCUT2D eigenvalue weighted by Crippen LogP contribution is 2.30. The van der Waals surface area contributed by atoms with E-state index in [1.807, 2.05) is 0 Å². The Kier molecular flexibility index (Phi) is 9.05. The van der Waals surface area contributed by atoms with Gasteiger partial charge in [0.15, 0.2) is 0 Å². The molecule has 0 radical (unpaired) electrons. The van der Waals surface area contributed by atoms with Gasteiger partial charge in [-0.15, -0.1) is 12.4 Å². The molecule has 0 bridgehead atoms. The molecule has 0 saturated carbocycles. The van der Waals surface area contributed by atoms with E-state index in [4.69, 9.17) is 5.73 Å². The largest absolute Gasteiger partial charge is 0.416 e. The number of nitrogens with one attached hydrogen (secondary N) is 1. The van der Waals surface area contributed by atoms with Crippen LogP contribution in [0.5, 0.6) is 0 Å². The second-order valence-corrected chi connectivity index (χ2v) is 4.58. The van der Waals surface area contributed by atoms with Gasteiger partial charge in [0.1, 0.15) is 0 Å². The number of halogens is 4. The van der Waals surface area contributed by atoms with E-state index in [0.717, 1.165) is 31.4 Å². The zero-order chi connectivity index (χ0) is 15.0. The number of carbonyl (C=O) groups is 1. The number of alkyl halides is 3. The number of benzene rings is 1. The van der Waals surface area contributed by atoms with Gasteiger partial charge >= 0.3 is 6.18 Å². The molecule has 21 heavy (non-hydrogen) atoms. The lowest BCUT2D eigenvalue weighted by atomic mass is 10.1. The number of hydrogen-bond donors (Lipinski definition) is 2. The molecule has 0 aromatic heterocycles. The summed E-state index contributed by atoms with van der Waals surface area (Å²) in [4.78, 5) is 11.6. The molecule has 1 aromatic carbocycles. The first kappa shape index (κ1) is 19.7. The van der Waals surface area contributed by atoms with Gasteiger partial charge in [-0.3, -0.25) is 4.79 Å². The van der Waals surface area contributed by atoms with Crippen LogP contribution in [0.3, 0.4) is 0 Å². The fraction of sp³-hybridized carbons (Fsp3) is 0.500. The number of unbranched alkanes of at least 4 members (excludes halogenated alkanes) is 3. The number of anilines is 1. The maximum Gasteiger partial charge on any atom is 0.416 e. The third-order valence-electron chi connectivity index (χ3n) is 2.83. The molecular weight excluding hydrogens is 305 g/mol. The Balaban J connectivity index is 0.00000400. The summed E-state index contributed by atoms with van der Waals surface area (Å²) in [5, 5.41) is 2.48. The van der Waals surface area contributed by atoms with Gasteiger partial charge in [-0.05, 0) is 37.6 Å². The summed E-state index contributed by atoms with van der Waals surface area (Å²) in [6, 6.07) is 4.63. The van der Waals surface area contributed by atoms with Crippen molar-refractivity contribution in [3.63, 3.8) is 0 Å². The van der Waals surface area contributed by atoms with Crippen LogP contribution in [-0.2, 0) is 11.0 Å². The SMILES string of the molecule is Cl.NCCCCCCC(=O)Nc1cccc(C(F)(F)F)c1. The third kappa shape index (κ3) is 7.92. The lowest BCUT2D eigenvalue weighted by molar-refractivity contribution is -0.137. The Morgan fingerprint density at radius 3 is 2.43 bits per heavy atom. The molecule has 3 N–H and O–H groups in total. The fourth-order valence-corrected chi connectivity index (χ4v) is 1.78. The normalized spacial score (nSPS) is 10.9. The van der Waals surface area contributed by atoms with Gasteiger partial charge < -0.3 is 11.1 Å². The van der Waals surface area contributed by atoms with E-state index >= 15 is 0 Å². The maximum atomic E-state index is 12.5. The van der Waals surface area contributed by atoms with Crippen molar-refractivity contribution >= 4 is 24.0 Å². The predicted octanol–water partition coefficient (Wildman–Crippen LogP) is 3.97. The van der Waals surface area contributed by atoms with Gasteiger partial charge in [0.05, 0.1) is 5.56 Å². The zero-order valence-electron chi connectivity index (χ0n) is 11.6. The first-order valence-corrected chi connectivity index (χ1v) is 6.60. The molecule has 1 amide bonds. The second kappa shape index (κ2) is 9.63. The number of amides is 1. The topological polar surface area (TPSA) is 55.1 Å². The lowest BCUT2D eigenvalue weighted by Gasteiger charge is -2.09. The Hall–Kier alpha value is -1.27. The van der Waals surface area contributed by atoms with Crippen LogP contribution in [0, 0.1) is 0 Å². The lowest BCUT2D eigenvalue weighted by Crippen LogP contribution is -2.12. The molecule has 0 atom stereocenters. The molecule has 0 unspecified atom stereocenters. The Morgan fingerprint density at radius 2 is 1.81 bits per heavy atom.